The van der Waals surface area contributed by atoms with Gasteiger partial charge in [0.25, 0.3) is 0 Å². The standard InChI is InChI=1S/C24H33N3O2/c1-2-23(28)27(22-11-7-4-8-12-22)18-24(19-29-20-24)26-15-13-25(14-16-26)17-21-9-5-3-6-10-21/h4-5,7-12H,2-3,6,13-20H2,1H3. The molecule has 0 unspecified atom stereocenters. The number of allylic oxidation sites excluding steroid dienone is 2. The first-order chi connectivity index (χ1) is 14.2. The van der Waals surface area contributed by atoms with Gasteiger partial charge in [-0.3, -0.25) is 14.6 Å². The van der Waals surface area contributed by atoms with Gasteiger partial charge in [-0.15, -0.1) is 0 Å². The smallest absolute Gasteiger partial charge is 0.226 e. The largest absolute Gasteiger partial charge is 0.377 e. The number of nitrogens with zero attached hydrogens (tertiary/aromatic N) is 3. The Morgan fingerprint density at radius 2 is 1.86 bits per heavy atom. The van der Waals surface area contributed by atoms with Gasteiger partial charge in [0.15, 0.2) is 0 Å². The quantitative estimate of drug-likeness (QED) is 0.711. The fourth-order valence-corrected chi connectivity index (χ4v) is 4.55. The number of para-hydroxylation sites is 1. The maximum Gasteiger partial charge on any atom is 0.226 e. The summed E-state index contributed by atoms with van der Waals surface area (Å²) in [6, 6.07) is 10.1. The third kappa shape index (κ3) is 4.63. The van der Waals surface area contributed by atoms with Crippen molar-refractivity contribution in [2.24, 2.45) is 0 Å². The van der Waals surface area contributed by atoms with Crippen LogP contribution in [0, 0.1) is 0 Å². The number of carbonyl (C=O) groups is 1. The fourth-order valence-electron chi connectivity index (χ4n) is 4.55. The lowest BCUT2D eigenvalue weighted by atomic mass is 9.92. The van der Waals surface area contributed by atoms with E-state index in [1.807, 2.05) is 42.2 Å². The van der Waals surface area contributed by atoms with Crippen LogP contribution in [-0.2, 0) is 9.53 Å². The Hall–Kier alpha value is -1.95. The topological polar surface area (TPSA) is 36.0 Å². The Morgan fingerprint density at radius 3 is 2.45 bits per heavy atom. The van der Waals surface area contributed by atoms with Gasteiger partial charge in [0.2, 0.25) is 5.91 Å². The summed E-state index contributed by atoms with van der Waals surface area (Å²) in [6.07, 6.45) is 9.81. The fraction of sp³-hybridized carbons (Fsp3) is 0.542. The van der Waals surface area contributed by atoms with E-state index < -0.39 is 0 Å². The molecule has 2 fully saturated rings. The zero-order valence-electron chi connectivity index (χ0n) is 17.6. The first kappa shape index (κ1) is 20.3. The van der Waals surface area contributed by atoms with Crippen molar-refractivity contribution in [3.8, 4) is 0 Å². The maximum atomic E-state index is 12.7. The van der Waals surface area contributed by atoms with Crippen molar-refractivity contribution in [3.63, 3.8) is 0 Å². The zero-order valence-corrected chi connectivity index (χ0v) is 17.6. The average Bonchev–Trinajstić information content (AvgIpc) is 2.75. The Balaban J connectivity index is 1.40. The second kappa shape index (κ2) is 9.24. The van der Waals surface area contributed by atoms with Gasteiger partial charge in [-0.1, -0.05) is 43.4 Å². The first-order valence-electron chi connectivity index (χ1n) is 11.0. The summed E-state index contributed by atoms with van der Waals surface area (Å²) in [4.78, 5) is 19.8. The number of carbonyl (C=O) groups excluding carboxylic acids is 1. The minimum Gasteiger partial charge on any atom is -0.377 e. The van der Waals surface area contributed by atoms with Gasteiger partial charge in [-0.25, -0.2) is 0 Å². The summed E-state index contributed by atoms with van der Waals surface area (Å²) in [5.74, 6) is 0.178. The first-order valence-corrected chi connectivity index (χ1v) is 11.0. The molecule has 1 amide bonds. The highest BCUT2D eigenvalue weighted by Crippen LogP contribution is 2.30. The Kier molecular flexibility index (Phi) is 6.48. The number of rotatable bonds is 7. The van der Waals surface area contributed by atoms with Crippen LogP contribution in [0.5, 0.6) is 0 Å². The molecule has 5 heteroatoms. The second-order valence-corrected chi connectivity index (χ2v) is 8.41. The molecular weight excluding hydrogens is 362 g/mol. The van der Waals surface area contributed by atoms with Gasteiger partial charge in [0, 0.05) is 51.4 Å². The molecule has 3 aliphatic rings. The summed E-state index contributed by atoms with van der Waals surface area (Å²) in [5, 5.41) is 0. The molecule has 1 aromatic carbocycles. The number of hydrogen-bond donors (Lipinski definition) is 0. The number of piperazine rings is 1. The van der Waals surface area contributed by atoms with Crippen molar-refractivity contribution in [1.82, 2.24) is 9.80 Å². The van der Waals surface area contributed by atoms with Crippen molar-refractivity contribution in [2.45, 2.75) is 31.7 Å². The van der Waals surface area contributed by atoms with Crippen molar-refractivity contribution >= 4 is 11.6 Å². The van der Waals surface area contributed by atoms with E-state index in [1.54, 1.807) is 0 Å². The SMILES string of the molecule is CCC(=O)N(CC1(N2CCN(CC3=CCCC=C3)CC2)COC1)c1ccccc1. The summed E-state index contributed by atoms with van der Waals surface area (Å²) in [5.41, 5.74) is 2.38. The van der Waals surface area contributed by atoms with Crippen molar-refractivity contribution in [3.05, 3.63) is 54.1 Å². The van der Waals surface area contributed by atoms with E-state index in [0.717, 1.165) is 38.4 Å². The van der Waals surface area contributed by atoms with E-state index in [4.69, 9.17) is 4.74 Å². The summed E-state index contributed by atoms with van der Waals surface area (Å²) < 4.78 is 5.68. The van der Waals surface area contributed by atoms with Crippen LogP contribution in [0.1, 0.15) is 26.2 Å². The molecule has 0 bridgehead atoms. The van der Waals surface area contributed by atoms with Crippen molar-refractivity contribution in [2.75, 3.05) is 57.4 Å². The summed E-state index contributed by atoms with van der Waals surface area (Å²) >= 11 is 0. The molecule has 2 heterocycles. The number of anilines is 1. The monoisotopic (exact) mass is 395 g/mol. The molecule has 1 aromatic rings. The third-order valence-corrected chi connectivity index (χ3v) is 6.39. The Bertz CT molecular complexity index is 747. The van der Waals surface area contributed by atoms with Crippen LogP contribution in [0.4, 0.5) is 5.69 Å². The number of benzene rings is 1. The van der Waals surface area contributed by atoms with Crippen molar-refractivity contribution < 1.29 is 9.53 Å². The molecule has 0 spiro atoms. The lowest BCUT2D eigenvalue weighted by Gasteiger charge is -2.53. The predicted octanol–water partition coefficient (Wildman–Crippen LogP) is 3.09. The number of amides is 1. The van der Waals surface area contributed by atoms with Gasteiger partial charge in [-0.05, 0) is 30.5 Å². The van der Waals surface area contributed by atoms with Crippen LogP contribution in [-0.4, -0.2) is 73.7 Å². The molecule has 0 N–H and O–H groups in total. The van der Waals surface area contributed by atoms with E-state index in [2.05, 4.69) is 28.0 Å². The molecule has 156 valence electrons. The van der Waals surface area contributed by atoms with Crippen LogP contribution < -0.4 is 4.90 Å². The molecule has 0 saturated carbocycles. The van der Waals surface area contributed by atoms with Gasteiger partial charge >= 0.3 is 0 Å². The molecule has 0 atom stereocenters. The highest BCUT2D eigenvalue weighted by Gasteiger charge is 2.47. The van der Waals surface area contributed by atoms with Gasteiger partial charge in [-0.2, -0.15) is 0 Å². The summed E-state index contributed by atoms with van der Waals surface area (Å²) in [7, 11) is 0. The molecule has 1 aliphatic carbocycles. The Labute approximate surface area is 174 Å². The van der Waals surface area contributed by atoms with Crippen LogP contribution in [0.2, 0.25) is 0 Å². The zero-order chi connectivity index (χ0) is 20.1. The lowest BCUT2D eigenvalue weighted by Crippen LogP contribution is -2.70. The molecule has 4 rings (SSSR count). The van der Waals surface area contributed by atoms with Gasteiger partial charge in [0.1, 0.15) is 0 Å². The molecule has 2 saturated heterocycles. The molecule has 0 radical (unpaired) electrons. The lowest BCUT2D eigenvalue weighted by molar-refractivity contribution is -0.147. The van der Waals surface area contributed by atoms with E-state index in [0.29, 0.717) is 26.2 Å². The molecule has 5 nitrogen and oxygen atoms in total. The predicted molar refractivity (Wildman–Crippen MR) is 117 cm³/mol. The van der Waals surface area contributed by atoms with Crippen LogP contribution in [0.3, 0.4) is 0 Å². The van der Waals surface area contributed by atoms with E-state index in [-0.39, 0.29) is 11.4 Å². The van der Waals surface area contributed by atoms with E-state index in [9.17, 15) is 4.79 Å². The van der Waals surface area contributed by atoms with Crippen molar-refractivity contribution in [1.29, 1.82) is 0 Å². The minimum absolute atomic E-state index is 0.0588. The maximum absolute atomic E-state index is 12.7. The summed E-state index contributed by atoms with van der Waals surface area (Å²) in [6.45, 7) is 9.32. The Morgan fingerprint density at radius 1 is 1.10 bits per heavy atom. The average molecular weight is 396 g/mol. The van der Waals surface area contributed by atoms with E-state index in [1.165, 1.54) is 18.4 Å². The number of hydrogen-bond acceptors (Lipinski definition) is 4. The third-order valence-electron chi connectivity index (χ3n) is 6.39. The van der Waals surface area contributed by atoms with Crippen LogP contribution in [0.25, 0.3) is 0 Å². The highest BCUT2D eigenvalue weighted by atomic mass is 16.5. The molecule has 2 aliphatic heterocycles. The normalized spacial score (nSPS) is 22.0. The highest BCUT2D eigenvalue weighted by molar-refractivity contribution is 5.93. The molecular formula is C24H33N3O2. The van der Waals surface area contributed by atoms with Crippen LogP contribution >= 0.6 is 0 Å². The molecule has 29 heavy (non-hydrogen) atoms. The van der Waals surface area contributed by atoms with Crippen LogP contribution in [0.15, 0.2) is 54.1 Å². The van der Waals surface area contributed by atoms with Gasteiger partial charge < -0.3 is 9.64 Å². The molecule has 0 aromatic heterocycles. The van der Waals surface area contributed by atoms with Gasteiger partial charge in [0.05, 0.1) is 18.8 Å². The minimum atomic E-state index is -0.0588. The van der Waals surface area contributed by atoms with E-state index >= 15 is 0 Å². The number of ether oxygens (including phenoxy) is 1. The second-order valence-electron chi connectivity index (χ2n) is 8.41.